The molecule has 0 aliphatic carbocycles. The predicted molar refractivity (Wildman–Crippen MR) is 184 cm³/mol. The van der Waals surface area contributed by atoms with Crippen molar-refractivity contribution in [2.45, 2.75) is 101 Å². The van der Waals surface area contributed by atoms with Crippen molar-refractivity contribution in [3.05, 3.63) is 89.0 Å². The van der Waals surface area contributed by atoms with Gasteiger partial charge in [-0.15, -0.1) is 0 Å². The number of phenolic OH excluding ortho intramolecular Hbond substituents is 2. The highest BCUT2D eigenvalue weighted by atomic mass is 19.4. The number of alkyl halides is 5. The van der Waals surface area contributed by atoms with E-state index in [1.165, 1.54) is 0 Å². The highest BCUT2D eigenvalue weighted by Crippen LogP contribution is 2.50. The summed E-state index contributed by atoms with van der Waals surface area (Å²) in [7, 11) is 0. The maximum absolute atomic E-state index is 13.1. The Balaban J connectivity index is 1.21. The molecule has 5 N–H and O–H groups in total. The molecular weight excluding hydrogens is 689 g/mol. The molecule has 4 rings (SSSR count). The van der Waals surface area contributed by atoms with Crippen molar-refractivity contribution in [3.8, 4) is 17.2 Å². The number of carbonyl (C=O) groups is 2. The Morgan fingerprint density at radius 1 is 0.885 bits per heavy atom. The quantitative estimate of drug-likeness (QED) is 0.0581. The van der Waals surface area contributed by atoms with E-state index in [9.17, 15) is 46.9 Å². The summed E-state index contributed by atoms with van der Waals surface area (Å²) in [5.41, 5.74) is 9.38. The molecule has 284 valence electrons. The van der Waals surface area contributed by atoms with E-state index in [2.05, 4.69) is 6.92 Å². The first kappa shape index (κ1) is 40.4. The molecule has 1 aliphatic rings. The van der Waals surface area contributed by atoms with Crippen molar-refractivity contribution in [2.24, 2.45) is 11.7 Å². The monoisotopic (exact) mass is 735 g/mol. The van der Waals surface area contributed by atoms with Crippen molar-refractivity contribution in [3.63, 3.8) is 0 Å². The Bertz CT molecular complexity index is 1630. The topological polar surface area (TPSA) is 139 Å². The molecule has 3 aromatic rings. The first-order chi connectivity index (χ1) is 24.5. The summed E-state index contributed by atoms with van der Waals surface area (Å²) in [5, 5.41) is 29.3. The Morgan fingerprint density at radius 3 is 2.15 bits per heavy atom. The van der Waals surface area contributed by atoms with Crippen LogP contribution in [0.2, 0.25) is 0 Å². The lowest BCUT2D eigenvalue weighted by Crippen LogP contribution is -2.41. The fourth-order valence-electron chi connectivity index (χ4n) is 6.77. The second-order valence-corrected chi connectivity index (χ2v) is 13.8. The highest BCUT2D eigenvalue weighted by molar-refractivity contribution is 5.75. The molecule has 0 fully saturated rings. The zero-order valence-corrected chi connectivity index (χ0v) is 29.0. The number of halogens is 5. The summed E-state index contributed by atoms with van der Waals surface area (Å²) in [6.07, 6.45) is -4.35. The van der Waals surface area contributed by atoms with Crippen molar-refractivity contribution >= 4 is 11.9 Å². The van der Waals surface area contributed by atoms with Crippen LogP contribution in [-0.2, 0) is 26.2 Å². The minimum atomic E-state index is -5.65. The fraction of sp³-hybridized carbons (Fsp3) is 0.487. The third-order valence-corrected chi connectivity index (χ3v) is 9.82. The number of ether oxygens (including phenoxy) is 2. The minimum absolute atomic E-state index is 0.101. The number of phenols is 2. The van der Waals surface area contributed by atoms with Crippen LogP contribution >= 0.6 is 0 Å². The number of benzene rings is 3. The first-order valence-corrected chi connectivity index (χ1v) is 17.5. The van der Waals surface area contributed by atoms with Crippen LogP contribution in [0, 0.1) is 5.92 Å². The molecule has 52 heavy (non-hydrogen) atoms. The summed E-state index contributed by atoms with van der Waals surface area (Å²) >= 11 is 0. The number of nitrogens with two attached hydrogens (primary N) is 1. The number of aliphatic carboxylic acids is 1. The first-order valence-electron chi connectivity index (χ1n) is 17.5. The van der Waals surface area contributed by atoms with Gasteiger partial charge in [-0.25, -0.2) is 0 Å². The van der Waals surface area contributed by atoms with Crippen molar-refractivity contribution in [1.29, 1.82) is 0 Å². The number of hydrogen-bond acceptors (Lipinski definition) is 7. The van der Waals surface area contributed by atoms with Crippen LogP contribution in [0.5, 0.6) is 17.2 Å². The van der Waals surface area contributed by atoms with Crippen LogP contribution in [0.4, 0.5) is 22.0 Å². The van der Waals surface area contributed by atoms with Gasteiger partial charge in [0.05, 0.1) is 19.1 Å². The number of carboxylic acids is 1. The normalized spacial score (nSPS) is 18.6. The lowest BCUT2D eigenvalue weighted by Gasteiger charge is -2.43. The maximum atomic E-state index is 13.1. The second-order valence-electron chi connectivity index (χ2n) is 13.8. The molecule has 0 saturated carbocycles. The molecule has 0 amide bonds. The van der Waals surface area contributed by atoms with Gasteiger partial charge in [-0.05, 0) is 67.0 Å². The predicted octanol–water partition coefficient (Wildman–Crippen LogP) is 8.40. The average Bonchev–Trinajstić information content (AvgIpc) is 3.08. The molecule has 0 bridgehead atoms. The molecule has 0 radical (unpaired) electrons. The Hall–Kier alpha value is -4.39. The number of aromatic hydroxyl groups is 2. The third-order valence-electron chi connectivity index (χ3n) is 9.82. The smallest absolute Gasteiger partial charge is 0.453 e. The molecule has 3 unspecified atom stereocenters. The van der Waals surface area contributed by atoms with E-state index in [4.69, 9.17) is 15.2 Å². The molecule has 0 saturated heterocycles. The maximum Gasteiger partial charge on any atom is 0.453 e. The zero-order chi connectivity index (χ0) is 38.1. The Labute approximate surface area is 299 Å². The third kappa shape index (κ3) is 10.4. The summed E-state index contributed by atoms with van der Waals surface area (Å²) in [5.74, 6) is -6.87. The number of rotatable bonds is 18. The molecule has 4 atom stereocenters. The van der Waals surface area contributed by atoms with Crippen LogP contribution in [0.25, 0.3) is 0 Å². The van der Waals surface area contributed by atoms with Gasteiger partial charge in [0, 0.05) is 29.4 Å². The van der Waals surface area contributed by atoms with E-state index < -0.39 is 54.3 Å². The molecular formula is C39H46F5NO7. The van der Waals surface area contributed by atoms with E-state index in [0.29, 0.717) is 44.5 Å². The lowest BCUT2D eigenvalue weighted by atomic mass is 9.65. The van der Waals surface area contributed by atoms with Gasteiger partial charge < -0.3 is 30.5 Å². The number of unbranched alkanes of at least 4 members (excludes halogenated alkanes) is 4. The van der Waals surface area contributed by atoms with Gasteiger partial charge in [-0.3, -0.25) is 9.59 Å². The molecule has 0 spiro atoms. The zero-order valence-electron chi connectivity index (χ0n) is 29.0. The summed E-state index contributed by atoms with van der Waals surface area (Å²) in [6, 6.07) is 19.0. The molecule has 3 aromatic carbocycles. The van der Waals surface area contributed by atoms with Crippen LogP contribution in [0.3, 0.4) is 0 Å². The number of fused-ring (bicyclic) bond motifs is 1. The van der Waals surface area contributed by atoms with E-state index in [1.807, 2.05) is 42.5 Å². The minimum Gasteiger partial charge on any atom is -0.508 e. The van der Waals surface area contributed by atoms with Gasteiger partial charge in [0.2, 0.25) is 0 Å². The van der Waals surface area contributed by atoms with Gasteiger partial charge in [-0.2, -0.15) is 22.0 Å². The van der Waals surface area contributed by atoms with Gasteiger partial charge in [0.15, 0.2) is 0 Å². The Kier molecular flexibility index (Phi) is 13.5. The van der Waals surface area contributed by atoms with Crippen LogP contribution in [0.1, 0.15) is 92.9 Å². The second kappa shape index (κ2) is 17.4. The molecule has 8 nitrogen and oxygen atoms in total. The van der Waals surface area contributed by atoms with Crippen LogP contribution in [-0.4, -0.2) is 58.6 Å². The van der Waals surface area contributed by atoms with Gasteiger partial charge >= 0.3 is 24.0 Å². The molecule has 1 aliphatic heterocycles. The van der Waals surface area contributed by atoms with Crippen molar-refractivity contribution < 1.29 is 56.3 Å². The van der Waals surface area contributed by atoms with Crippen molar-refractivity contribution in [2.75, 3.05) is 13.2 Å². The standard InChI is InChI=1S/C39H46F5NO7/c1-37(28-14-16-29(46)17-15-28)24-52-33-23-30(47)18-19-31(33)34(37)26-12-10-25(11-13-26)22-32(45)36(50)51-21-6-4-2-3-5-8-27(35(48)49)9-7-20-38(40,41)39(42,43)44/h10-19,23,27,32,34,46-47H,2-9,20-22,24,45H2,1H3,(H,48,49)/t27?,32-,34?,37?/m0/s1. The van der Waals surface area contributed by atoms with Gasteiger partial charge in [0.25, 0.3) is 0 Å². The lowest BCUT2D eigenvalue weighted by molar-refractivity contribution is -0.284. The van der Waals surface area contributed by atoms with Gasteiger partial charge in [-0.1, -0.05) is 75.1 Å². The number of hydrogen-bond donors (Lipinski definition) is 4. The van der Waals surface area contributed by atoms with E-state index in [-0.39, 0.29) is 43.3 Å². The number of carboxylic acid groups (broad SMARTS) is 1. The van der Waals surface area contributed by atoms with Crippen LogP contribution < -0.4 is 10.5 Å². The van der Waals surface area contributed by atoms with E-state index in [1.54, 1.807) is 24.3 Å². The molecule has 0 aromatic heterocycles. The fourth-order valence-corrected chi connectivity index (χ4v) is 6.77. The Morgan fingerprint density at radius 2 is 1.50 bits per heavy atom. The highest BCUT2D eigenvalue weighted by Gasteiger charge is 2.56. The number of carbonyl (C=O) groups excluding carboxylic acids is 1. The van der Waals surface area contributed by atoms with Crippen molar-refractivity contribution in [1.82, 2.24) is 0 Å². The SMILES string of the molecule is CC1(c2ccc(O)cc2)COc2cc(O)ccc2C1c1ccc(C[C@H](N)C(=O)OCCCCCCCC(CCCC(F)(F)C(F)(F)F)C(=O)O)cc1. The molecule has 1 heterocycles. The molecule has 13 heteroatoms. The summed E-state index contributed by atoms with van der Waals surface area (Å²) < 4.78 is 74.7. The largest absolute Gasteiger partial charge is 0.508 e. The average molecular weight is 736 g/mol. The summed E-state index contributed by atoms with van der Waals surface area (Å²) in [6.45, 7) is 2.59. The summed E-state index contributed by atoms with van der Waals surface area (Å²) in [4.78, 5) is 24.0. The van der Waals surface area contributed by atoms with E-state index >= 15 is 0 Å². The van der Waals surface area contributed by atoms with E-state index in [0.717, 1.165) is 22.3 Å². The number of esters is 1. The van der Waals surface area contributed by atoms with Gasteiger partial charge in [0.1, 0.15) is 23.3 Å². The van der Waals surface area contributed by atoms with Crippen LogP contribution in [0.15, 0.2) is 66.7 Å².